The molecule has 1 spiro atoms. The monoisotopic (exact) mass is 417 g/mol. The van der Waals surface area contributed by atoms with Crippen LogP contribution in [0.25, 0.3) is 0 Å². The second kappa shape index (κ2) is 8.67. The number of piperidine rings is 2. The average Bonchev–Trinajstić information content (AvgIpc) is 2.66. The zero-order valence-electron chi connectivity index (χ0n) is 21.2. The maximum atomic E-state index is 2.87. The molecule has 30 heavy (non-hydrogen) atoms. The van der Waals surface area contributed by atoms with Gasteiger partial charge in [-0.2, -0.15) is 0 Å². The molecule has 3 aliphatic heterocycles. The van der Waals surface area contributed by atoms with Gasteiger partial charge in [-0.3, -0.25) is 9.80 Å². The first kappa shape index (κ1) is 23.1. The second-order valence-corrected chi connectivity index (χ2v) is 13.7. The molecule has 0 aromatic rings. The van der Waals surface area contributed by atoms with Crippen molar-refractivity contribution >= 4 is 0 Å². The molecule has 4 aliphatic rings. The van der Waals surface area contributed by atoms with Crippen LogP contribution in [0.15, 0.2) is 0 Å². The van der Waals surface area contributed by atoms with Crippen molar-refractivity contribution < 1.29 is 0 Å². The lowest BCUT2D eigenvalue weighted by Gasteiger charge is -2.58. The van der Waals surface area contributed by atoms with Crippen molar-refractivity contribution in [2.24, 2.45) is 22.7 Å². The molecule has 3 heteroatoms. The summed E-state index contributed by atoms with van der Waals surface area (Å²) in [5, 5.41) is 0. The van der Waals surface area contributed by atoms with E-state index in [9.17, 15) is 0 Å². The molecule has 0 amide bonds. The third-order valence-electron chi connectivity index (χ3n) is 9.50. The summed E-state index contributed by atoms with van der Waals surface area (Å²) in [4.78, 5) is 8.36. The van der Waals surface area contributed by atoms with Gasteiger partial charge < -0.3 is 4.90 Å². The highest BCUT2D eigenvalue weighted by Crippen LogP contribution is 2.50. The van der Waals surface area contributed by atoms with Crippen LogP contribution in [0.1, 0.15) is 92.9 Å². The minimum absolute atomic E-state index is 0.351. The zero-order chi connectivity index (χ0) is 21.6. The van der Waals surface area contributed by atoms with Gasteiger partial charge in [0.05, 0.1) is 0 Å². The Bertz CT molecular complexity index is 540. The largest absolute Gasteiger partial charge is 0.303 e. The minimum atomic E-state index is 0.351. The van der Waals surface area contributed by atoms with Gasteiger partial charge in [0, 0.05) is 31.2 Å². The number of nitrogens with zero attached hydrogens (tertiary/aromatic N) is 3. The average molecular weight is 418 g/mol. The molecule has 4 rings (SSSR count). The SMILES string of the molecule is CC(C)(C)C1CCC2(CC1)CN(C1CCN(CC3CCN(C(C)(C)C)CC3)CC1)C2. The second-order valence-electron chi connectivity index (χ2n) is 13.7. The van der Waals surface area contributed by atoms with Gasteiger partial charge in [-0.25, -0.2) is 0 Å². The summed E-state index contributed by atoms with van der Waals surface area (Å²) in [5.41, 5.74) is 1.57. The fourth-order valence-corrected chi connectivity index (χ4v) is 7.10. The van der Waals surface area contributed by atoms with Crippen molar-refractivity contribution in [1.29, 1.82) is 0 Å². The maximum absolute atomic E-state index is 2.87. The van der Waals surface area contributed by atoms with Gasteiger partial charge in [0.25, 0.3) is 0 Å². The summed E-state index contributed by atoms with van der Waals surface area (Å²) < 4.78 is 0. The number of hydrogen-bond donors (Lipinski definition) is 0. The van der Waals surface area contributed by atoms with Crippen molar-refractivity contribution in [3.8, 4) is 0 Å². The van der Waals surface area contributed by atoms with E-state index in [-0.39, 0.29) is 0 Å². The zero-order valence-corrected chi connectivity index (χ0v) is 21.2. The molecule has 0 atom stereocenters. The van der Waals surface area contributed by atoms with Crippen molar-refractivity contribution in [3.63, 3.8) is 0 Å². The van der Waals surface area contributed by atoms with Crippen LogP contribution in [0.3, 0.4) is 0 Å². The highest BCUT2D eigenvalue weighted by Gasteiger charge is 2.48. The molecule has 1 aliphatic carbocycles. The van der Waals surface area contributed by atoms with E-state index in [0.717, 1.165) is 17.9 Å². The molecule has 3 saturated heterocycles. The Kier molecular flexibility index (Phi) is 6.66. The fraction of sp³-hybridized carbons (Fsp3) is 1.00. The molecule has 3 nitrogen and oxygen atoms in total. The minimum Gasteiger partial charge on any atom is -0.303 e. The van der Waals surface area contributed by atoms with E-state index in [1.54, 1.807) is 0 Å². The number of likely N-dealkylation sites (tertiary alicyclic amines) is 3. The third kappa shape index (κ3) is 5.26. The van der Waals surface area contributed by atoms with Gasteiger partial charge in [-0.05, 0) is 121 Å². The van der Waals surface area contributed by atoms with Gasteiger partial charge >= 0.3 is 0 Å². The van der Waals surface area contributed by atoms with Crippen molar-refractivity contribution in [2.75, 3.05) is 45.8 Å². The van der Waals surface area contributed by atoms with Crippen molar-refractivity contribution in [1.82, 2.24) is 14.7 Å². The fourth-order valence-electron chi connectivity index (χ4n) is 7.10. The normalized spacial score (nSPS) is 29.4. The van der Waals surface area contributed by atoms with Gasteiger partial charge in [-0.15, -0.1) is 0 Å². The lowest BCUT2D eigenvalue weighted by atomic mass is 9.61. The summed E-state index contributed by atoms with van der Waals surface area (Å²) in [6, 6.07) is 0.884. The Labute approximate surface area is 187 Å². The maximum Gasteiger partial charge on any atom is 0.0125 e. The van der Waals surface area contributed by atoms with E-state index in [2.05, 4.69) is 56.2 Å². The standard InChI is InChI=1S/C27H51N3/c1-25(2,3)23-7-13-27(14-8-23)20-29(21-27)24-11-15-28(16-12-24)19-22-9-17-30(18-10-22)26(4,5)6/h22-24H,7-21H2,1-6H3. The Morgan fingerprint density at radius 2 is 1.30 bits per heavy atom. The number of hydrogen-bond acceptors (Lipinski definition) is 3. The Morgan fingerprint density at radius 1 is 0.733 bits per heavy atom. The third-order valence-corrected chi connectivity index (χ3v) is 9.50. The van der Waals surface area contributed by atoms with E-state index in [1.165, 1.54) is 97.2 Å². The summed E-state index contributed by atoms with van der Waals surface area (Å²) >= 11 is 0. The van der Waals surface area contributed by atoms with Crippen LogP contribution >= 0.6 is 0 Å². The summed E-state index contributed by atoms with van der Waals surface area (Å²) in [5.74, 6) is 1.89. The highest BCUT2D eigenvalue weighted by atomic mass is 15.3. The molecule has 0 aromatic heterocycles. The highest BCUT2D eigenvalue weighted by molar-refractivity contribution is 5.01. The molecule has 174 valence electrons. The molecule has 3 heterocycles. The Hall–Kier alpha value is -0.120. The lowest BCUT2D eigenvalue weighted by molar-refractivity contribution is -0.0828. The van der Waals surface area contributed by atoms with E-state index in [4.69, 9.17) is 0 Å². The molecule has 0 radical (unpaired) electrons. The lowest BCUT2D eigenvalue weighted by Crippen LogP contribution is -2.62. The van der Waals surface area contributed by atoms with Crippen LogP contribution in [0.4, 0.5) is 0 Å². The predicted octanol–water partition coefficient (Wildman–Crippen LogP) is 5.50. The Morgan fingerprint density at radius 3 is 1.80 bits per heavy atom. The molecule has 0 unspecified atom stereocenters. The quantitative estimate of drug-likeness (QED) is 0.600. The molecule has 0 aromatic carbocycles. The topological polar surface area (TPSA) is 9.72 Å². The first-order valence-electron chi connectivity index (χ1n) is 13.3. The van der Waals surface area contributed by atoms with Crippen LogP contribution in [0.5, 0.6) is 0 Å². The first-order valence-corrected chi connectivity index (χ1v) is 13.3. The molecule has 4 fully saturated rings. The molecule has 0 N–H and O–H groups in total. The summed E-state index contributed by atoms with van der Waals surface area (Å²) in [6.45, 7) is 23.9. The first-order chi connectivity index (χ1) is 14.0. The van der Waals surface area contributed by atoms with Crippen LogP contribution in [-0.2, 0) is 0 Å². The number of rotatable bonds is 3. The van der Waals surface area contributed by atoms with Crippen LogP contribution < -0.4 is 0 Å². The van der Waals surface area contributed by atoms with E-state index in [1.807, 2.05) is 0 Å². The van der Waals surface area contributed by atoms with Crippen molar-refractivity contribution in [3.05, 3.63) is 0 Å². The predicted molar refractivity (Wildman–Crippen MR) is 129 cm³/mol. The van der Waals surface area contributed by atoms with E-state index in [0.29, 0.717) is 16.4 Å². The Balaban J connectivity index is 1.14. The molecule has 0 bridgehead atoms. The smallest absolute Gasteiger partial charge is 0.0125 e. The van der Waals surface area contributed by atoms with Gasteiger partial charge in [-0.1, -0.05) is 20.8 Å². The van der Waals surface area contributed by atoms with Gasteiger partial charge in [0.1, 0.15) is 0 Å². The molecular weight excluding hydrogens is 366 g/mol. The van der Waals surface area contributed by atoms with Crippen LogP contribution in [0.2, 0.25) is 0 Å². The van der Waals surface area contributed by atoms with E-state index >= 15 is 0 Å². The van der Waals surface area contributed by atoms with Crippen LogP contribution in [-0.4, -0.2) is 72.1 Å². The molecule has 1 saturated carbocycles. The summed E-state index contributed by atoms with van der Waals surface area (Å²) in [7, 11) is 0. The van der Waals surface area contributed by atoms with Gasteiger partial charge in [0.2, 0.25) is 0 Å². The molecular formula is C27H51N3. The summed E-state index contributed by atoms with van der Waals surface area (Å²) in [6.07, 6.45) is 11.6. The van der Waals surface area contributed by atoms with Gasteiger partial charge in [0.15, 0.2) is 0 Å². The van der Waals surface area contributed by atoms with Crippen LogP contribution in [0, 0.1) is 22.7 Å². The van der Waals surface area contributed by atoms with E-state index < -0.39 is 0 Å². The van der Waals surface area contributed by atoms with Crippen molar-refractivity contribution in [2.45, 2.75) is 104 Å².